The minimum Gasteiger partial charge on any atom is -0.493 e. The van der Waals surface area contributed by atoms with E-state index < -0.39 is 5.97 Å². The zero-order valence-corrected chi connectivity index (χ0v) is 10.1. The van der Waals surface area contributed by atoms with Crippen molar-refractivity contribution in [2.24, 2.45) is 0 Å². The molecular weight excluding hydrogens is 276 g/mol. The molecule has 0 aromatic carbocycles. The van der Waals surface area contributed by atoms with Crippen LogP contribution in [0.5, 0.6) is 5.75 Å². The number of aromatic nitrogens is 2. The number of pyridine rings is 1. The number of halogens is 1. The Bertz CT molecular complexity index is 550. The largest absolute Gasteiger partial charge is 0.493 e. The predicted octanol–water partition coefficient (Wildman–Crippen LogP) is 2.19. The topological polar surface area (TPSA) is 63.8 Å². The molecule has 2 aromatic heterocycles. The molecule has 2 aromatic rings. The van der Waals surface area contributed by atoms with Crippen molar-refractivity contribution in [1.82, 2.24) is 9.38 Å². The van der Waals surface area contributed by atoms with Gasteiger partial charge in [-0.3, -0.25) is 0 Å². The van der Waals surface area contributed by atoms with Crippen molar-refractivity contribution in [3.8, 4) is 5.75 Å². The SMILES string of the molecule is CCOc1cc2nc(Br)cn2cc1C(=O)O. The van der Waals surface area contributed by atoms with E-state index in [1.165, 1.54) is 6.20 Å². The summed E-state index contributed by atoms with van der Waals surface area (Å²) in [5, 5.41) is 9.03. The lowest BCUT2D eigenvalue weighted by Gasteiger charge is -2.07. The highest BCUT2D eigenvalue weighted by molar-refractivity contribution is 9.10. The zero-order chi connectivity index (χ0) is 11.7. The average Bonchev–Trinajstić information content (AvgIpc) is 2.56. The Morgan fingerprint density at radius 1 is 1.62 bits per heavy atom. The molecule has 16 heavy (non-hydrogen) atoms. The molecule has 0 amide bonds. The smallest absolute Gasteiger partial charge is 0.341 e. The summed E-state index contributed by atoms with van der Waals surface area (Å²) in [5.41, 5.74) is 0.763. The van der Waals surface area contributed by atoms with Gasteiger partial charge in [-0.2, -0.15) is 0 Å². The number of nitrogens with zero attached hydrogens (tertiary/aromatic N) is 2. The maximum Gasteiger partial charge on any atom is 0.341 e. The first-order chi connectivity index (χ1) is 7.61. The fourth-order valence-electron chi connectivity index (χ4n) is 1.42. The number of fused-ring (bicyclic) bond motifs is 1. The van der Waals surface area contributed by atoms with E-state index in [0.717, 1.165) is 0 Å². The number of carbonyl (C=O) groups is 1. The Morgan fingerprint density at radius 2 is 2.38 bits per heavy atom. The molecule has 6 heteroatoms. The molecule has 2 rings (SSSR count). The highest BCUT2D eigenvalue weighted by atomic mass is 79.9. The maximum atomic E-state index is 11.0. The molecular formula is C10H9BrN2O3. The minimum absolute atomic E-state index is 0.124. The highest BCUT2D eigenvalue weighted by Gasteiger charge is 2.14. The first-order valence-corrected chi connectivity index (χ1v) is 5.45. The Morgan fingerprint density at radius 3 is 3.00 bits per heavy atom. The lowest BCUT2D eigenvalue weighted by Crippen LogP contribution is -2.04. The summed E-state index contributed by atoms with van der Waals surface area (Å²) in [6.07, 6.45) is 3.18. The number of hydrogen-bond donors (Lipinski definition) is 1. The lowest BCUT2D eigenvalue weighted by atomic mass is 10.2. The van der Waals surface area contributed by atoms with E-state index in [9.17, 15) is 4.79 Å². The number of imidazole rings is 1. The van der Waals surface area contributed by atoms with Gasteiger partial charge < -0.3 is 14.2 Å². The summed E-state index contributed by atoms with van der Waals surface area (Å²) in [6, 6.07) is 1.61. The molecule has 84 valence electrons. The number of ether oxygens (including phenoxy) is 1. The number of hydrogen-bond acceptors (Lipinski definition) is 3. The van der Waals surface area contributed by atoms with Crippen LogP contribution in [0.4, 0.5) is 0 Å². The van der Waals surface area contributed by atoms with Crippen molar-refractivity contribution in [3.63, 3.8) is 0 Å². The summed E-state index contributed by atoms with van der Waals surface area (Å²) >= 11 is 3.23. The molecule has 0 aliphatic rings. The number of carboxylic acid groups (broad SMARTS) is 1. The average molecular weight is 285 g/mol. The van der Waals surface area contributed by atoms with Crippen molar-refractivity contribution < 1.29 is 14.6 Å². The van der Waals surface area contributed by atoms with Gasteiger partial charge in [-0.15, -0.1) is 0 Å². The van der Waals surface area contributed by atoms with Crippen LogP contribution in [0.3, 0.4) is 0 Å². The van der Waals surface area contributed by atoms with E-state index in [1.54, 1.807) is 23.6 Å². The van der Waals surface area contributed by atoms with E-state index in [-0.39, 0.29) is 5.56 Å². The van der Waals surface area contributed by atoms with Gasteiger partial charge in [0.2, 0.25) is 0 Å². The van der Waals surface area contributed by atoms with Gasteiger partial charge in [-0.1, -0.05) is 0 Å². The number of aromatic carboxylic acids is 1. The van der Waals surface area contributed by atoms with Gasteiger partial charge in [-0.05, 0) is 22.9 Å². The van der Waals surface area contributed by atoms with Crippen LogP contribution < -0.4 is 4.74 Å². The minimum atomic E-state index is -1.02. The summed E-state index contributed by atoms with van der Waals surface area (Å²) in [6.45, 7) is 2.22. The Balaban J connectivity index is 2.64. The third kappa shape index (κ3) is 1.88. The van der Waals surface area contributed by atoms with Crippen LogP contribution in [0.1, 0.15) is 17.3 Å². The fraction of sp³-hybridized carbons (Fsp3) is 0.200. The fourth-order valence-corrected chi connectivity index (χ4v) is 1.82. The van der Waals surface area contributed by atoms with Crippen molar-refractivity contribution in [1.29, 1.82) is 0 Å². The predicted molar refractivity (Wildman–Crippen MR) is 61.0 cm³/mol. The second-order valence-corrected chi connectivity index (χ2v) is 3.93. The summed E-state index contributed by atoms with van der Waals surface area (Å²) < 4.78 is 7.55. The number of carboxylic acids is 1. The van der Waals surface area contributed by atoms with Crippen molar-refractivity contribution >= 4 is 27.5 Å². The van der Waals surface area contributed by atoms with Gasteiger partial charge in [0.25, 0.3) is 0 Å². The molecule has 2 heterocycles. The third-order valence-electron chi connectivity index (χ3n) is 2.06. The van der Waals surface area contributed by atoms with Crippen LogP contribution >= 0.6 is 15.9 Å². The van der Waals surface area contributed by atoms with Crippen LogP contribution in [0.15, 0.2) is 23.1 Å². The van der Waals surface area contributed by atoms with Crippen LogP contribution in [0.25, 0.3) is 5.65 Å². The van der Waals surface area contributed by atoms with Gasteiger partial charge in [0.15, 0.2) is 0 Å². The van der Waals surface area contributed by atoms with E-state index in [0.29, 0.717) is 22.6 Å². The van der Waals surface area contributed by atoms with Crippen molar-refractivity contribution in [3.05, 3.63) is 28.6 Å². The summed E-state index contributed by atoms with van der Waals surface area (Å²) in [4.78, 5) is 15.2. The molecule has 0 unspecified atom stereocenters. The van der Waals surface area contributed by atoms with Gasteiger partial charge in [0.1, 0.15) is 21.6 Å². The molecule has 0 spiro atoms. The van der Waals surface area contributed by atoms with Crippen LogP contribution in [0, 0.1) is 0 Å². The van der Waals surface area contributed by atoms with Gasteiger partial charge in [0, 0.05) is 18.5 Å². The first kappa shape index (κ1) is 10.9. The molecule has 0 aliphatic heterocycles. The highest BCUT2D eigenvalue weighted by Crippen LogP contribution is 2.22. The zero-order valence-electron chi connectivity index (χ0n) is 8.48. The monoisotopic (exact) mass is 284 g/mol. The molecule has 1 N–H and O–H groups in total. The molecule has 0 aliphatic carbocycles. The van der Waals surface area contributed by atoms with Gasteiger partial charge in [0.05, 0.1) is 6.61 Å². The second-order valence-electron chi connectivity index (χ2n) is 3.12. The molecule has 5 nitrogen and oxygen atoms in total. The van der Waals surface area contributed by atoms with E-state index in [4.69, 9.17) is 9.84 Å². The summed E-state index contributed by atoms with van der Waals surface area (Å²) in [5.74, 6) is -0.684. The van der Waals surface area contributed by atoms with E-state index in [1.807, 2.05) is 0 Å². The number of rotatable bonds is 3. The molecule has 0 bridgehead atoms. The maximum absolute atomic E-state index is 11.0. The van der Waals surface area contributed by atoms with Gasteiger partial charge in [-0.25, -0.2) is 9.78 Å². The quantitative estimate of drug-likeness (QED) is 0.939. The Labute approximate surface area is 99.8 Å². The van der Waals surface area contributed by atoms with Crippen molar-refractivity contribution in [2.75, 3.05) is 6.61 Å². The van der Waals surface area contributed by atoms with E-state index >= 15 is 0 Å². The van der Waals surface area contributed by atoms with Crippen LogP contribution in [-0.4, -0.2) is 27.1 Å². The first-order valence-electron chi connectivity index (χ1n) is 4.66. The van der Waals surface area contributed by atoms with Gasteiger partial charge >= 0.3 is 5.97 Å². The van der Waals surface area contributed by atoms with Crippen LogP contribution in [0.2, 0.25) is 0 Å². The molecule has 0 saturated heterocycles. The molecule has 0 atom stereocenters. The summed E-state index contributed by atoms with van der Waals surface area (Å²) in [7, 11) is 0. The Kier molecular flexibility index (Phi) is 2.82. The lowest BCUT2D eigenvalue weighted by molar-refractivity contribution is 0.0692. The molecule has 0 radical (unpaired) electrons. The van der Waals surface area contributed by atoms with E-state index in [2.05, 4.69) is 20.9 Å². The van der Waals surface area contributed by atoms with Crippen molar-refractivity contribution in [2.45, 2.75) is 6.92 Å². The normalized spacial score (nSPS) is 10.6. The second kappa shape index (κ2) is 4.13. The Hall–Kier alpha value is -1.56. The van der Waals surface area contributed by atoms with Crippen LogP contribution in [-0.2, 0) is 0 Å². The molecule has 0 saturated carbocycles. The third-order valence-corrected chi connectivity index (χ3v) is 2.44. The standard InChI is InChI=1S/C10H9BrN2O3/c1-2-16-7-3-9-12-8(11)5-13(9)4-6(7)10(14)15/h3-5H,2H2,1H3,(H,14,15). The molecule has 0 fully saturated rings.